The number of nitrogens with zero attached hydrogens (tertiary/aromatic N) is 4. The summed E-state index contributed by atoms with van der Waals surface area (Å²) in [5.74, 6) is -0.472. The highest BCUT2D eigenvalue weighted by molar-refractivity contribution is 7.99. The first-order chi connectivity index (χ1) is 19.4. The maximum atomic E-state index is 13.6. The summed E-state index contributed by atoms with van der Waals surface area (Å²) in [6, 6.07) is 12.3. The van der Waals surface area contributed by atoms with Crippen molar-refractivity contribution in [3.63, 3.8) is 0 Å². The second kappa shape index (κ2) is 11.0. The maximum absolute atomic E-state index is 13.6. The van der Waals surface area contributed by atoms with Crippen molar-refractivity contribution >= 4 is 28.6 Å². The molecule has 1 spiro atoms. The number of halogens is 3. The summed E-state index contributed by atoms with van der Waals surface area (Å²) in [5, 5.41) is 13.6. The average Bonchev–Trinajstić information content (AvgIpc) is 3.17. The van der Waals surface area contributed by atoms with Gasteiger partial charge >= 0.3 is 6.18 Å². The summed E-state index contributed by atoms with van der Waals surface area (Å²) in [6.07, 6.45) is -2.19. The van der Waals surface area contributed by atoms with Crippen LogP contribution in [0.2, 0.25) is 0 Å². The highest BCUT2D eigenvalue weighted by Gasteiger charge is 2.56. The Labute approximate surface area is 243 Å². The van der Waals surface area contributed by atoms with Gasteiger partial charge in [-0.05, 0) is 70.0 Å². The van der Waals surface area contributed by atoms with Crippen LogP contribution in [0.3, 0.4) is 0 Å². The van der Waals surface area contributed by atoms with Gasteiger partial charge in [0.25, 0.3) is 0 Å². The Morgan fingerprint density at radius 1 is 1.12 bits per heavy atom. The number of piperidine rings is 1. The standard InChI is InChI=1S/C28H30F3N7OS2/c1-26(2,3)41(39)38-22-17-8-5-4-7-16(17)20(27(22)10-13-34-14-11-27)21-18(15-32)36-25(24(33)37-21)40-19-9-6-12-35-23(19)28(29,30)31/h4-9,12,20,22,34,38H,10-11,13-14H2,1-3H3,(H2,33,37)/t20?,22-,41?/m1/s1. The number of aromatic nitrogens is 3. The van der Waals surface area contributed by atoms with E-state index in [1.807, 2.05) is 45.0 Å². The summed E-state index contributed by atoms with van der Waals surface area (Å²) in [7, 11) is -1.38. The molecule has 1 saturated heterocycles. The highest BCUT2D eigenvalue weighted by atomic mass is 32.2. The van der Waals surface area contributed by atoms with E-state index >= 15 is 0 Å². The Morgan fingerprint density at radius 2 is 1.80 bits per heavy atom. The molecule has 4 N–H and O–H groups in total. The van der Waals surface area contributed by atoms with Crippen LogP contribution in [0.15, 0.2) is 52.5 Å². The number of nitrogens with one attached hydrogen (secondary N) is 2. The number of fused-ring (bicyclic) bond motifs is 1. The number of hydrogen-bond donors (Lipinski definition) is 3. The molecular formula is C28H30F3N7OS2. The molecule has 1 fully saturated rings. The third-order valence-corrected chi connectivity index (χ3v) is 10.2. The molecule has 0 amide bonds. The lowest BCUT2D eigenvalue weighted by Gasteiger charge is -2.44. The molecule has 1 aliphatic heterocycles. The van der Waals surface area contributed by atoms with Crippen molar-refractivity contribution in [1.82, 2.24) is 25.0 Å². The Kier molecular flexibility index (Phi) is 7.88. The molecule has 2 aromatic heterocycles. The van der Waals surface area contributed by atoms with Gasteiger partial charge in [0.1, 0.15) is 11.1 Å². The largest absolute Gasteiger partial charge is 0.434 e. The number of nitriles is 1. The van der Waals surface area contributed by atoms with Crippen molar-refractivity contribution in [3.05, 3.63) is 70.8 Å². The van der Waals surface area contributed by atoms with Gasteiger partial charge in [0.2, 0.25) is 0 Å². The zero-order valence-electron chi connectivity index (χ0n) is 22.7. The summed E-state index contributed by atoms with van der Waals surface area (Å²) < 4.78 is 57.0. The number of rotatable bonds is 5. The zero-order valence-corrected chi connectivity index (χ0v) is 24.4. The number of alkyl halides is 3. The van der Waals surface area contributed by atoms with Gasteiger partial charge in [-0.3, -0.25) is 4.98 Å². The predicted molar refractivity (Wildman–Crippen MR) is 151 cm³/mol. The van der Waals surface area contributed by atoms with Gasteiger partial charge in [0.05, 0.1) is 27.5 Å². The molecule has 3 atom stereocenters. The molecule has 1 aliphatic carbocycles. The topological polar surface area (TPSA) is 130 Å². The Balaban J connectivity index is 1.63. The van der Waals surface area contributed by atoms with Crippen molar-refractivity contribution in [1.29, 1.82) is 5.26 Å². The van der Waals surface area contributed by atoms with Crippen LogP contribution in [0.25, 0.3) is 0 Å². The van der Waals surface area contributed by atoms with Crippen LogP contribution in [0.5, 0.6) is 0 Å². The van der Waals surface area contributed by atoms with Gasteiger partial charge in [-0.15, -0.1) is 0 Å². The third kappa shape index (κ3) is 5.46. The van der Waals surface area contributed by atoms with Crippen molar-refractivity contribution in [2.45, 2.75) is 66.4 Å². The molecule has 2 unspecified atom stereocenters. The Morgan fingerprint density at radius 3 is 2.44 bits per heavy atom. The minimum atomic E-state index is -4.67. The van der Waals surface area contributed by atoms with E-state index < -0.39 is 38.9 Å². The van der Waals surface area contributed by atoms with Gasteiger partial charge in [-0.1, -0.05) is 36.0 Å². The summed E-state index contributed by atoms with van der Waals surface area (Å²) >= 11 is 0.678. The van der Waals surface area contributed by atoms with Crippen LogP contribution >= 0.6 is 11.8 Å². The monoisotopic (exact) mass is 601 g/mol. The van der Waals surface area contributed by atoms with E-state index in [-0.39, 0.29) is 27.5 Å². The Hall–Kier alpha value is -3.05. The number of nitrogens with two attached hydrogens (primary N) is 1. The second-order valence-corrected chi connectivity index (χ2v) is 14.2. The van der Waals surface area contributed by atoms with E-state index in [2.05, 4.69) is 31.1 Å². The van der Waals surface area contributed by atoms with E-state index in [9.17, 15) is 22.6 Å². The fourth-order valence-electron chi connectivity index (χ4n) is 5.77. The van der Waals surface area contributed by atoms with Crippen molar-refractivity contribution in [3.8, 4) is 6.07 Å². The quantitative estimate of drug-likeness (QED) is 0.368. The van der Waals surface area contributed by atoms with E-state index in [1.54, 1.807) is 0 Å². The minimum absolute atomic E-state index is 0.00189. The van der Waals surface area contributed by atoms with Crippen molar-refractivity contribution in [2.75, 3.05) is 18.8 Å². The summed E-state index contributed by atoms with van der Waals surface area (Å²) in [4.78, 5) is 12.4. The van der Waals surface area contributed by atoms with Crippen LogP contribution in [0.1, 0.15) is 73.8 Å². The van der Waals surface area contributed by atoms with E-state index in [0.717, 1.165) is 17.3 Å². The molecule has 2 aliphatic rings. The fraction of sp³-hybridized carbons (Fsp3) is 0.429. The molecule has 0 radical (unpaired) electrons. The molecule has 0 bridgehead atoms. The minimum Gasteiger partial charge on any atom is -0.381 e. The highest BCUT2D eigenvalue weighted by Crippen LogP contribution is 2.61. The molecular weight excluding hydrogens is 571 g/mol. The molecule has 5 rings (SSSR count). The van der Waals surface area contributed by atoms with Gasteiger partial charge in [0, 0.05) is 22.4 Å². The number of hydrogen-bond acceptors (Lipinski definition) is 8. The van der Waals surface area contributed by atoms with Crippen molar-refractivity contribution in [2.24, 2.45) is 5.41 Å². The Bertz CT molecular complexity index is 1530. The predicted octanol–water partition coefficient (Wildman–Crippen LogP) is 5.10. The molecule has 3 aromatic rings. The maximum Gasteiger partial charge on any atom is 0.434 e. The summed E-state index contributed by atoms with van der Waals surface area (Å²) in [6.45, 7) is 7.15. The zero-order chi connectivity index (χ0) is 29.6. The van der Waals surface area contributed by atoms with Crippen LogP contribution in [-0.2, 0) is 17.2 Å². The smallest absolute Gasteiger partial charge is 0.381 e. The lowest BCUT2D eigenvalue weighted by Crippen LogP contribution is -2.48. The first-order valence-electron chi connectivity index (χ1n) is 13.1. The average molecular weight is 602 g/mol. The molecule has 8 nitrogen and oxygen atoms in total. The number of pyridine rings is 1. The lowest BCUT2D eigenvalue weighted by molar-refractivity contribution is -0.143. The molecule has 0 saturated carbocycles. The fourth-order valence-corrected chi connectivity index (χ4v) is 7.61. The molecule has 13 heteroatoms. The normalized spacial score (nSPS) is 20.9. The second-order valence-electron chi connectivity index (χ2n) is 11.2. The molecule has 41 heavy (non-hydrogen) atoms. The first-order valence-corrected chi connectivity index (χ1v) is 15.1. The van der Waals surface area contributed by atoms with Gasteiger partial charge in [0.15, 0.2) is 17.2 Å². The van der Waals surface area contributed by atoms with E-state index in [1.165, 1.54) is 12.1 Å². The molecule has 216 valence electrons. The van der Waals surface area contributed by atoms with Crippen LogP contribution in [0.4, 0.5) is 19.0 Å². The first kappa shape index (κ1) is 29.4. The molecule has 3 heterocycles. The van der Waals surface area contributed by atoms with Gasteiger partial charge in [-0.2, -0.15) is 18.4 Å². The summed E-state index contributed by atoms with van der Waals surface area (Å²) in [5.41, 5.74) is 7.07. The third-order valence-electron chi connectivity index (χ3n) is 7.62. The number of anilines is 1. The van der Waals surface area contributed by atoms with Crippen LogP contribution in [0, 0.1) is 16.7 Å². The van der Waals surface area contributed by atoms with Crippen LogP contribution < -0.4 is 15.8 Å². The lowest BCUT2D eigenvalue weighted by atomic mass is 9.66. The van der Waals surface area contributed by atoms with E-state index in [0.29, 0.717) is 43.4 Å². The van der Waals surface area contributed by atoms with Gasteiger partial charge < -0.3 is 11.1 Å². The molecule has 1 aromatic carbocycles. The number of benzene rings is 1. The SMILES string of the molecule is CC(C)(C)S(=O)N[C@@H]1c2ccccc2C(c2nc(N)c(Sc3cccnc3C(F)(F)F)nc2C#N)C12CCNCC2. The van der Waals surface area contributed by atoms with Crippen LogP contribution in [-0.4, -0.2) is 37.0 Å². The van der Waals surface area contributed by atoms with Gasteiger partial charge in [-0.25, -0.2) is 18.9 Å². The van der Waals surface area contributed by atoms with Crippen molar-refractivity contribution < 1.29 is 17.4 Å². The van der Waals surface area contributed by atoms with E-state index in [4.69, 9.17) is 5.73 Å². The number of nitrogen functional groups attached to an aromatic ring is 1.